The first kappa shape index (κ1) is 20.1. The van der Waals surface area contributed by atoms with Gasteiger partial charge in [-0.25, -0.2) is 0 Å². The molecule has 2 aromatic carbocycles. The van der Waals surface area contributed by atoms with Crippen LogP contribution in [0.4, 0.5) is 5.69 Å². The summed E-state index contributed by atoms with van der Waals surface area (Å²) in [5.74, 6) is 1.32. The molecule has 140 valence electrons. The summed E-state index contributed by atoms with van der Waals surface area (Å²) in [6, 6.07) is 10.9. The molecule has 1 unspecified atom stereocenters. The summed E-state index contributed by atoms with van der Waals surface area (Å²) in [4.78, 5) is 13.6. The molecule has 6 heteroatoms. The number of hydrogen-bond donors (Lipinski definition) is 2. The molecule has 0 aliphatic rings. The maximum atomic E-state index is 12.6. The lowest BCUT2D eigenvalue weighted by molar-refractivity contribution is -0.907. The van der Waals surface area contributed by atoms with E-state index in [0.29, 0.717) is 28.8 Å². The molecule has 0 saturated carbocycles. The van der Waals surface area contributed by atoms with Gasteiger partial charge in [-0.2, -0.15) is 0 Å². The minimum absolute atomic E-state index is 0.0753. The van der Waals surface area contributed by atoms with Gasteiger partial charge in [0.25, 0.3) is 5.91 Å². The molecule has 0 saturated heterocycles. The van der Waals surface area contributed by atoms with Crippen LogP contribution in [0.25, 0.3) is 0 Å². The standard InChI is InChI=1S/C20H25ClN2O3/c1-13-10-18(25-4)19(26-5)11-15(13)12-23(3)14(2)20(24)22-17-9-7-6-8-16(17)21/h6-11,14H,12H2,1-5H3,(H,22,24)/p+1/t14-/m1/s1. The van der Waals surface area contributed by atoms with Gasteiger partial charge < -0.3 is 19.7 Å². The average Bonchev–Trinajstić information content (AvgIpc) is 2.63. The van der Waals surface area contributed by atoms with Crippen LogP contribution in [-0.2, 0) is 11.3 Å². The van der Waals surface area contributed by atoms with Crippen molar-refractivity contribution in [1.29, 1.82) is 0 Å². The van der Waals surface area contributed by atoms with E-state index in [2.05, 4.69) is 5.32 Å². The molecule has 2 rings (SSSR count). The van der Waals surface area contributed by atoms with Gasteiger partial charge in [0.15, 0.2) is 17.5 Å². The number of methoxy groups -OCH3 is 2. The maximum absolute atomic E-state index is 12.6. The van der Waals surface area contributed by atoms with Crippen LogP contribution < -0.4 is 19.7 Å². The Morgan fingerprint density at radius 2 is 1.81 bits per heavy atom. The van der Waals surface area contributed by atoms with E-state index in [1.165, 1.54) is 0 Å². The van der Waals surface area contributed by atoms with E-state index in [-0.39, 0.29) is 11.9 Å². The zero-order valence-corrected chi connectivity index (χ0v) is 16.6. The van der Waals surface area contributed by atoms with Crippen LogP contribution in [0.15, 0.2) is 36.4 Å². The van der Waals surface area contributed by atoms with Crippen LogP contribution in [-0.4, -0.2) is 33.2 Å². The number of ether oxygens (including phenoxy) is 2. The second-order valence-electron chi connectivity index (χ2n) is 6.35. The van der Waals surface area contributed by atoms with Gasteiger partial charge in [-0.15, -0.1) is 0 Å². The SMILES string of the molecule is COc1cc(C)c(C[NH+](C)[C@H](C)C(=O)Nc2ccccc2Cl)cc1OC. The van der Waals surface area contributed by atoms with Crippen molar-refractivity contribution in [2.45, 2.75) is 26.4 Å². The van der Waals surface area contributed by atoms with Crippen LogP contribution in [0, 0.1) is 6.92 Å². The number of nitrogens with one attached hydrogen (secondary N) is 2. The first-order chi connectivity index (χ1) is 12.4. The summed E-state index contributed by atoms with van der Waals surface area (Å²) in [7, 11) is 5.23. The third kappa shape index (κ3) is 4.68. The number of benzene rings is 2. The molecule has 1 amide bonds. The number of anilines is 1. The highest BCUT2D eigenvalue weighted by molar-refractivity contribution is 6.33. The minimum atomic E-state index is -0.251. The molecular formula is C20H26ClN2O3+. The van der Waals surface area contributed by atoms with Crippen LogP contribution in [0.1, 0.15) is 18.1 Å². The Morgan fingerprint density at radius 3 is 2.42 bits per heavy atom. The second-order valence-corrected chi connectivity index (χ2v) is 6.75. The average molecular weight is 378 g/mol. The second kappa shape index (κ2) is 8.92. The Morgan fingerprint density at radius 1 is 1.19 bits per heavy atom. The van der Waals surface area contributed by atoms with Crippen molar-refractivity contribution in [2.24, 2.45) is 0 Å². The third-order valence-corrected chi connectivity index (χ3v) is 4.91. The molecule has 0 radical (unpaired) electrons. The van der Waals surface area contributed by atoms with Crippen molar-refractivity contribution in [2.75, 3.05) is 26.6 Å². The Labute approximate surface area is 159 Å². The summed E-state index contributed by atoms with van der Waals surface area (Å²) >= 11 is 6.12. The van der Waals surface area contributed by atoms with Gasteiger partial charge in [-0.05, 0) is 43.7 Å². The van der Waals surface area contributed by atoms with E-state index in [4.69, 9.17) is 21.1 Å². The third-order valence-electron chi connectivity index (χ3n) is 4.58. The number of halogens is 1. The molecule has 26 heavy (non-hydrogen) atoms. The number of carbonyl (C=O) groups excluding carboxylic acids is 1. The Balaban J connectivity index is 2.10. The van der Waals surface area contributed by atoms with E-state index >= 15 is 0 Å². The van der Waals surface area contributed by atoms with Crippen LogP contribution in [0.2, 0.25) is 5.02 Å². The number of carbonyl (C=O) groups is 1. The van der Waals surface area contributed by atoms with E-state index in [9.17, 15) is 4.79 Å². The van der Waals surface area contributed by atoms with Crippen LogP contribution >= 0.6 is 11.6 Å². The van der Waals surface area contributed by atoms with Gasteiger partial charge in [-0.3, -0.25) is 4.79 Å². The highest BCUT2D eigenvalue weighted by atomic mass is 35.5. The number of likely N-dealkylation sites (N-methyl/N-ethyl adjacent to an activating group) is 1. The quantitative estimate of drug-likeness (QED) is 0.780. The van der Waals surface area contributed by atoms with E-state index in [1.54, 1.807) is 26.4 Å². The molecule has 2 atom stereocenters. The zero-order valence-electron chi connectivity index (χ0n) is 15.9. The molecular weight excluding hydrogens is 352 g/mol. The molecule has 0 bridgehead atoms. The number of para-hydroxylation sites is 1. The topological polar surface area (TPSA) is 52.0 Å². The first-order valence-corrected chi connectivity index (χ1v) is 8.84. The number of rotatable bonds is 7. The predicted molar refractivity (Wildman–Crippen MR) is 104 cm³/mol. The van der Waals surface area contributed by atoms with Crippen molar-refractivity contribution in [3.05, 3.63) is 52.5 Å². The van der Waals surface area contributed by atoms with E-state index < -0.39 is 0 Å². The lowest BCUT2D eigenvalue weighted by Gasteiger charge is -2.22. The lowest BCUT2D eigenvalue weighted by atomic mass is 10.1. The van der Waals surface area contributed by atoms with Crippen LogP contribution in [0.5, 0.6) is 11.5 Å². The fourth-order valence-electron chi connectivity index (χ4n) is 2.69. The first-order valence-electron chi connectivity index (χ1n) is 8.46. The van der Waals surface area contributed by atoms with Crippen molar-refractivity contribution in [3.8, 4) is 11.5 Å². The maximum Gasteiger partial charge on any atom is 0.282 e. The highest BCUT2D eigenvalue weighted by Crippen LogP contribution is 2.30. The van der Waals surface area contributed by atoms with Gasteiger partial charge >= 0.3 is 0 Å². The minimum Gasteiger partial charge on any atom is -0.493 e. The Hall–Kier alpha value is -2.24. The molecule has 5 nitrogen and oxygen atoms in total. The predicted octanol–water partition coefficient (Wildman–Crippen LogP) is 2.71. The molecule has 0 spiro atoms. The molecule has 0 aromatic heterocycles. The molecule has 0 aliphatic carbocycles. The van der Waals surface area contributed by atoms with Crippen LogP contribution in [0.3, 0.4) is 0 Å². The summed E-state index contributed by atoms with van der Waals surface area (Å²) in [5.41, 5.74) is 2.83. The number of amides is 1. The van der Waals surface area contributed by atoms with Gasteiger partial charge in [0.2, 0.25) is 0 Å². The van der Waals surface area contributed by atoms with Crippen molar-refractivity contribution in [1.82, 2.24) is 0 Å². The zero-order chi connectivity index (χ0) is 19.3. The van der Waals surface area contributed by atoms with E-state index in [1.807, 2.05) is 45.2 Å². The number of quaternary nitrogens is 1. The number of hydrogen-bond acceptors (Lipinski definition) is 3. The van der Waals surface area contributed by atoms with Crippen molar-refractivity contribution in [3.63, 3.8) is 0 Å². The monoisotopic (exact) mass is 377 g/mol. The van der Waals surface area contributed by atoms with Gasteiger partial charge in [0, 0.05) is 5.56 Å². The largest absolute Gasteiger partial charge is 0.493 e. The molecule has 0 fully saturated rings. The normalized spacial score (nSPS) is 13.0. The Kier molecular flexibility index (Phi) is 6.89. The smallest absolute Gasteiger partial charge is 0.282 e. The number of aryl methyl sites for hydroxylation is 1. The lowest BCUT2D eigenvalue weighted by Crippen LogP contribution is -3.12. The molecule has 0 aliphatic heterocycles. The highest BCUT2D eigenvalue weighted by Gasteiger charge is 2.23. The Bertz CT molecular complexity index is 780. The summed E-state index contributed by atoms with van der Waals surface area (Å²) < 4.78 is 10.7. The summed E-state index contributed by atoms with van der Waals surface area (Å²) in [6.45, 7) is 4.61. The van der Waals surface area contributed by atoms with Gasteiger partial charge in [0.05, 0.1) is 32.0 Å². The molecule has 2 aromatic rings. The molecule has 2 N–H and O–H groups in total. The van der Waals surface area contributed by atoms with Crippen molar-refractivity contribution >= 4 is 23.2 Å². The van der Waals surface area contributed by atoms with Gasteiger partial charge in [-0.1, -0.05) is 23.7 Å². The summed E-state index contributed by atoms with van der Waals surface area (Å²) in [5, 5.41) is 3.42. The fraction of sp³-hybridized carbons (Fsp3) is 0.350. The fourth-order valence-corrected chi connectivity index (χ4v) is 2.88. The van der Waals surface area contributed by atoms with Gasteiger partial charge in [0.1, 0.15) is 6.54 Å². The molecule has 0 heterocycles. The van der Waals surface area contributed by atoms with Crippen molar-refractivity contribution < 1.29 is 19.2 Å². The summed E-state index contributed by atoms with van der Waals surface area (Å²) in [6.07, 6.45) is 0. The van der Waals surface area contributed by atoms with E-state index in [0.717, 1.165) is 16.0 Å².